The third-order valence-electron chi connectivity index (χ3n) is 3.53. The number of hydrogen-bond acceptors (Lipinski definition) is 6. The largest absolute Gasteiger partial charge is 0.366 e. The molecule has 0 aliphatic carbocycles. The van der Waals surface area contributed by atoms with Crippen molar-refractivity contribution < 1.29 is 9.59 Å². The number of para-hydroxylation sites is 1. The topological polar surface area (TPSA) is 116 Å². The van der Waals surface area contributed by atoms with E-state index in [-0.39, 0.29) is 5.91 Å². The van der Waals surface area contributed by atoms with E-state index in [9.17, 15) is 9.59 Å². The van der Waals surface area contributed by atoms with E-state index in [4.69, 9.17) is 5.73 Å². The predicted octanol–water partition coefficient (Wildman–Crippen LogP) is 1.88. The van der Waals surface area contributed by atoms with Crippen molar-refractivity contribution in [3.05, 3.63) is 60.2 Å². The van der Waals surface area contributed by atoms with Crippen LogP contribution in [-0.2, 0) is 4.79 Å². The van der Waals surface area contributed by atoms with Crippen LogP contribution in [0.4, 0.5) is 5.69 Å². The average molecular weight is 368 g/mol. The fourth-order valence-corrected chi connectivity index (χ4v) is 2.96. The van der Waals surface area contributed by atoms with Crippen LogP contribution in [0.25, 0.3) is 5.69 Å². The van der Waals surface area contributed by atoms with Crippen molar-refractivity contribution in [2.75, 3.05) is 5.32 Å². The minimum Gasteiger partial charge on any atom is -0.366 e. The normalized spacial score (nSPS) is 11.7. The molecule has 0 aliphatic heterocycles. The van der Waals surface area contributed by atoms with Crippen LogP contribution < -0.4 is 11.1 Å². The molecule has 0 spiro atoms. The third-order valence-corrected chi connectivity index (χ3v) is 4.56. The molecule has 1 heterocycles. The monoisotopic (exact) mass is 368 g/mol. The van der Waals surface area contributed by atoms with Gasteiger partial charge in [0.2, 0.25) is 17.0 Å². The summed E-state index contributed by atoms with van der Waals surface area (Å²) in [6.45, 7) is 1.77. The number of amides is 2. The molecule has 132 valence electrons. The predicted molar refractivity (Wildman–Crippen MR) is 98.1 cm³/mol. The number of primary amides is 1. The molecule has 0 unspecified atom stereocenters. The molecule has 0 aliphatic rings. The SMILES string of the molecule is C[C@@H](Sc1nnnn1-c1ccccc1)C(=O)Nc1ccc(C(N)=O)cc1. The minimum absolute atomic E-state index is 0.204. The van der Waals surface area contributed by atoms with Gasteiger partial charge in [0, 0.05) is 11.3 Å². The van der Waals surface area contributed by atoms with E-state index in [2.05, 4.69) is 20.8 Å². The maximum atomic E-state index is 12.4. The van der Waals surface area contributed by atoms with Gasteiger partial charge in [-0.15, -0.1) is 5.10 Å². The van der Waals surface area contributed by atoms with Crippen molar-refractivity contribution in [3.63, 3.8) is 0 Å². The summed E-state index contributed by atoms with van der Waals surface area (Å²) in [7, 11) is 0. The second-order valence-electron chi connectivity index (χ2n) is 5.40. The minimum atomic E-state index is -0.514. The van der Waals surface area contributed by atoms with Gasteiger partial charge in [-0.05, 0) is 53.7 Å². The van der Waals surface area contributed by atoms with Gasteiger partial charge in [-0.25, -0.2) is 0 Å². The van der Waals surface area contributed by atoms with Crippen LogP contribution in [-0.4, -0.2) is 37.3 Å². The number of hydrogen-bond donors (Lipinski definition) is 2. The first kappa shape index (κ1) is 17.6. The molecule has 0 fully saturated rings. The number of nitrogens with two attached hydrogens (primary N) is 1. The standard InChI is InChI=1S/C17H16N6O2S/c1-11(16(25)19-13-9-7-12(8-10-13)15(18)24)26-17-20-21-22-23(17)14-5-3-2-4-6-14/h2-11H,1H3,(H2,18,24)(H,19,25)/t11-/m1/s1. The lowest BCUT2D eigenvalue weighted by Crippen LogP contribution is -2.23. The van der Waals surface area contributed by atoms with Crippen LogP contribution >= 0.6 is 11.8 Å². The summed E-state index contributed by atoms with van der Waals surface area (Å²) in [4.78, 5) is 23.5. The zero-order valence-electron chi connectivity index (χ0n) is 13.9. The highest BCUT2D eigenvalue weighted by Crippen LogP contribution is 2.23. The summed E-state index contributed by atoms with van der Waals surface area (Å²) in [5.74, 6) is -0.719. The summed E-state index contributed by atoms with van der Waals surface area (Å²) in [5.41, 5.74) is 6.98. The molecular formula is C17H16N6O2S. The Balaban J connectivity index is 1.67. The Morgan fingerprint density at radius 2 is 1.81 bits per heavy atom. The highest BCUT2D eigenvalue weighted by atomic mass is 32.2. The molecule has 0 saturated heterocycles. The first-order chi connectivity index (χ1) is 12.5. The number of carbonyl (C=O) groups is 2. The lowest BCUT2D eigenvalue weighted by Gasteiger charge is -2.12. The summed E-state index contributed by atoms with van der Waals surface area (Å²) in [6.07, 6.45) is 0. The van der Waals surface area contributed by atoms with Gasteiger partial charge in [-0.2, -0.15) is 4.68 Å². The number of thioether (sulfide) groups is 1. The number of nitrogens with zero attached hydrogens (tertiary/aromatic N) is 4. The van der Waals surface area contributed by atoms with E-state index in [0.29, 0.717) is 16.4 Å². The Kier molecular flexibility index (Phi) is 5.28. The van der Waals surface area contributed by atoms with Crippen LogP contribution in [0.1, 0.15) is 17.3 Å². The van der Waals surface area contributed by atoms with Crippen LogP contribution in [0, 0.1) is 0 Å². The van der Waals surface area contributed by atoms with Crippen molar-refractivity contribution in [2.24, 2.45) is 5.73 Å². The maximum absolute atomic E-state index is 12.4. The molecule has 0 bridgehead atoms. The Morgan fingerprint density at radius 3 is 2.46 bits per heavy atom. The van der Waals surface area contributed by atoms with Crippen LogP contribution in [0.2, 0.25) is 0 Å². The molecule has 1 aromatic heterocycles. The summed E-state index contributed by atoms with van der Waals surface area (Å²) in [5, 5.41) is 14.5. The molecule has 9 heteroatoms. The summed E-state index contributed by atoms with van der Waals surface area (Å²) in [6, 6.07) is 15.8. The lowest BCUT2D eigenvalue weighted by molar-refractivity contribution is -0.115. The second-order valence-corrected chi connectivity index (χ2v) is 6.71. The van der Waals surface area contributed by atoms with Gasteiger partial charge in [-0.3, -0.25) is 9.59 Å². The van der Waals surface area contributed by atoms with Gasteiger partial charge in [0.1, 0.15) is 0 Å². The Labute approximate surface area is 153 Å². The quantitative estimate of drug-likeness (QED) is 0.642. The first-order valence-electron chi connectivity index (χ1n) is 7.76. The molecule has 2 amide bonds. The third kappa shape index (κ3) is 4.06. The van der Waals surface area contributed by atoms with E-state index in [1.807, 2.05) is 30.3 Å². The highest BCUT2D eigenvalue weighted by Gasteiger charge is 2.19. The van der Waals surface area contributed by atoms with Crippen LogP contribution in [0.5, 0.6) is 0 Å². The van der Waals surface area contributed by atoms with Crippen molar-refractivity contribution in [1.82, 2.24) is 20.2 Å². The smallest absolute Gasteiger partial charge is 0.248 e. The van der Waals surface area contributed by atoms with Gasteiger partial charge in [0.15, 0.2) is 0 Å². The van der Waals surface area contributed by atoms with Gasteiger partial charge >= 0.3 is 0 Å². The number of aromatic nitrogens is 4. The van der Waals surface area contributed by atoms with Crippen molar-refractivity contribution in [2.45, 2.75) is 17.3 Å². The first-order valence-corrected chi connectivity index (χ1v) is 8.64. The number of carbonyl (C=O) groups excluding carboxylic acids is 2. The summed E-state index contributed by atoms with van der Waals surface area (Å²) >= 11 is 1.25. The molecule has 1 atom stereocenters. The molecule has 3 aromatic rings. The number of tetrazole rings is 1. The lowest BCUT2D eigenvalue weighted by atomic mass is 10.2. The average Bonchev–Trinajstić information content (AvgIpc) is 3.11. The van der Waals surface area contributed by atoms with Crippen LogP contribution in [0.15, 0.2) is 59.8 Å². The number of nitrogens with one attached hydrogen (secondary N) is 1. The Bertz CT molecular complexity index is 911. The van der Waals surface area contributed by atoms with E-state index in [1.54, 1.807) is 35.9 Å². The molecule has 0 saturated carbocycles. The second kappa shape index (κ2) is 7.79. The van der Waals surface area contributed by atoms with Gasteiger partial charge in [0.05, 0.1) is 10.9 Å². The molecular weight excluding hydrogens is 352 g/mol. The fourth-order valence-electron chi connectivity index (χ4n) is 2.16. The zero-order chi connectivity index (χ0) is 18.5. The molecule has 2 aromatic carbocycles. The van der Waals surface area contributed by atoms with E-state index < -0.39 is 11.2 Å². The van der Waals surface area contributed by atoms with E-state index in [0.717, 1.165) is 5.69 Å². The van der Waals surface area contributed by atoms with E-state index >= 15 is 0 Å². The maximum Gasteiger partial charge on any atom is 0.248 e. The molecule has 8 nitrogen and oxygen atoms in total. The van der Waals surface area contributed by atoms with Gasteiger partial charge < -0.3 is 11.1 Å². The van der Waals surface area contributed by atoms with E-state index in [1.165, 1.54) is 11.8 Å². The molecule has 0 radical (unpaired) electrons. The summed E-state index contributed by atoms with van der Waals surface area (Å²) < 4.78 is 1.58. The molecule has 3 rings (SSSR count). The number of benzene rings is 2. The molecule has 3 N–H and O–H groups in total. The fraction of sp³-hybridized carbons (Fsp3) is 0.118. The van der Waals surface area contributed by atoms with Crippen molar-refractivity contribution >= 4 is 29.3 Å². The van der Waals surface area contributed by atoms with Crippen molar-refractivity contribution in [1.29, 1.82) is 0 Å². The van der Waals surface area contributed by atoms with Crippen molar-refractivity contribution in [3.8, 4) is 5.69 Å². The highest BCUT2D eigenvalue weighted by molar-refractivity contribution is 8.00. The van der Waals surface area contributed by atoms with Crippen LogP contribution in [0.3, 0.4) is 0 Å². The Morgan fingerprint density at radius 1 is 1.12 bits per heavy atom. The van der Waals surface area contributed by atoms with Gasteiger partial charge in [-0.1, -0.05) is 30.0 Å². The zero-order valence-corrected chi connectivity index (χ0v) is 14.7. The molecule has 26 heavy (non-hydrogen) atoms. The number of rotatable bonds is 6. The van der Waals surface area contributed by atoms with Gasteiger partial charge in [0.25, 0.3) is 0 Å². The Hall–Kier alpha value is -3.20. The number of anilines is 1.